The lowest BCUT2D eigenvalue weighted by Crippen LogP contribution is -2.26. The van der Waals surface area contributed by atoms with Crippen molar-refractivity contribution in [3.8, 4) is 11.5 Å². The number of sulfonamides is 1. The molecule has 1 aromatic carbocycles. The molecule has 3 heterocycles. The molecule has 0 fully saturated rings. The highest BCUT2D eigenvalue weighted by molar-refractivity contribution is 7.89. The van der Waals surface area contributed by atoms with E-state index in [0.29, 0.717) is 24.7 Å². The molecule has 4 rings (SSSR count). The van der Waals surface area contributed by atoms with Gasteiger partial charge in [0.15, 0.2) is 11.5 Å². The number of nitrogens with zero attached hydrogens (tertiary/aromatic N) is 2. The summed E-state index contributed by atoms with van der Waals surface area (Å²) in [6, 6.07) is 6.15. The van der Waals surface area contributed by atoms with Gasteiger partial charge >= 0.3 is 5.97 Å². The van der Waals surface area contributed by atoms with Gasteiger partial charge < -0.3 is 14.2 Å². The minimum absolute atomic E-state index is 0.135. The number of carbonyl (C=O) groups is 1. The molecule has 0 saturated heterocycles. The number of rotatable bonds is 3. The summed E-state index contributed by atoms with van der Waals surface area (Å²) in [5, 5.41) is 0. The van der Waals surface area contributed by atoms with Gasteiger partial charge in [0.25, 0.3) is 0 Å². The molecule has 0 unspecified atom stereocenters. The number of aromatic nitrogens is 1. The van der Waals surface area contributed by atoms with Crippen molar-refractivity contribution in [2.75, 3.05) is 20.3 Å². The molecular formula is C17H16N2O6S. The topological polar surface area (TPSA) is 95.0 Å². The van der Waals surface area contributed by atoms with Crippen LogP contribution in [-0.2, 0) is 27.8 Å². The summed E-state index contributed by atoms with van der Waals surface area (Å²) in [6.45, 7) is 1.18. The predicted molar refractivity (Wildman–Crippen MR) is 89.4 cm³/mol. The van der Waals surface area contributed by atoms with Gasteiger partial charge in [-0.1, -0.05) is 0 Å². The Morgan fingerprint density at radius 2 is 1.85 bits per heavy atom. The summed E-state index contributed by atoms with van der Waals surface area (Å²) in [5.41, 5.74) is 1.66. The third-order valence-corrected chi connectivity index (χ3v) is 6.11. The van der Waals surface area contributed by atoms with Crippen molar-refractivity contribution < 1.29 is 27.4 Å². The lowest BCUT2D eigenvalue weighted by Gasteiger charge is -2.20. The molecular weight excluding hydrogens is 360 g/mol. The van der Waals surface area contributed by atoms with E-state index in [9.17, 15) is 13.2 Å². The second-order valence-electron chi connectivity index (χ2n) is 5.91. The van der Waals surface area contributed by atoms with Crippen molar-refractivity contribution in [2.45, 2.75) is 18.0 Å². The Labute approximate surface area is 150 Å². The molecule has 136 valence electrons. The van der Waals surface area contributed by atoms with E-state index >= 15 is 0 Å². The number of hydrogen-bond donors (Lipinski definition) is 0. The summed E-state index contributed by atoms with van der Waals surface area (Å²) in [7, 11) is -2.45. The minimum Gasteiger partial charge on any atom is -0.486 e. The summed E-state index contributed by atoms with van der Waals surface area (Å²) >= 11 is 0. The van der Waals surface area contributed by atoms with E-state index in [2.05, 4.69) is 9.72 Å². The number of fused-ring (bicyclic) bond motifs is 2. The van der Waals surface area contributed by atoms with E-state index in [0.717, 1.165) is 11.1 Å². The lowest BCUT2D eigenvalue weighted by atomic mass is 10.1. The molecule has 9 heteroatoms. The van der Waals surface area contributed by atoms with Crippen molar-refractivity contribution in [3.05, 3.63) is 47.3 Å². The minimum atomic E-state index is -3.72. The van der Waals surface area contributed by atoms with Crippen LogP contribution in [0.2, 0.25) is 0 Å². The molecule has 26 heavy (non-hydrogen) atoms. The molecule has 0 amide bonds. The quantitative estimate of drug-likeness (QED) is 0.746. The van der Waals surface area contributed by atoms with Gasteiger partial charge in [-0.05, 0) is 29.3 Å². The molecule has 0 saturated carbocycles. The third kappa shape index (κ3) is 2.78. The second-order valence-corrected chi connectivity index (χ2v) is 7.85. The summed E-state index contributed by atoms with van der Waals surface area (Å²) in [5.74, 6) is 0.399. The molecule has 0 radical (unpaired) electrons. The Kier molecular flexibility index (Phi) is 4.04. The van der Waals surface area contributed by atoms with Crippen molar-refractivity contribution in [2.24, 2.45) is 0 Å². The Morgan fingerprint density at radius 3 is 2.62 bits per heavy atom. The standard InChI is InChI=1S/C17H16N2O6S/c1-23-17(20)14-6-11-9-19(10-12(11)8-18-14)26(21,22)13-2-3-15-16(7-13)25-5-4-24-15/h2-3,6-8H,4-5,9-10H2,1H3. The molecule has 0 aliphatic carbocycles. The van der Waals surface area contributed by atoms with Gasteiger partial charge in [0.1, 0.15) is 18.9 Å². The van der Waals surface area contributed by atoms with Crippen molar-refractivity contribution in [1.82, 2.24) is 9.29 Å². The molecule has 0 N–H and O–H groups in total. The van der Waals surface area contributed by atoms with Crippen LogP contribution in [0.25, 0.3) is 0 Å². The number of benzene rings is 1. The van der Waals surface area contributed by atoms with Gasteiger partial charge in [-0.2, -0.15) is 4.31 Å². The molecule has 0 bridgehead atoms. The van der Waals surface area contributed by atoms with E-state index in [1.807, 2.05) is 0 Å². The molecule has 2 aliphatic heterocycles. The number of carbonyl (C=O) groups excluding carboxylic acids is 1. The monoisotopic (exact) mass is 376 g/mol. The molecule has 2 aromatic rings. The fraction of sp³-hybridized carbons (Fsp3) is 0.294. The Hall–Kier alpha value is -2.65. The number of pyridine rings is 1. The summed E-state index contributed by atoms with van der Waals surface area (Å²) in [6.07, 6.45) is 1.51. The number of methoxy groups -OCH3 is 1. The predicted octanol–water partition coefficient (Wildman–Crippen LogP) is 1.34. The maximum absolute atomic E-state index is 13.0. The molecule has 0 spiro atoms. The van der Waals surface area contributed by atoms with Crippen LogP contribution in [0.4, 0.5) is 0 Å². The zero-order chi connectivity index (χ0) is 18.3. The highest BCUT2D eigenvalue weighted by Gasteiger charge is 2.32. The first-order chi connectivity index (χ1) is 12.5. The first kappa shape index (κ1) is 16.8. The number of ether oxygens (including phenoxy) is 3. The number of esters is 1. The average molecular weight is 376 g/mol. The van der Waals surface area contributed by atoms with Crippen molar-refractivity contribution >= 4 is 16.0 Å². The zero-order valence-corrected chi connectivity index (χ0v) is 14.8. The normalized spacial score (nSPS) is 16.2. The van der Waals surface area contributed by atoms with Gasteiger partial charge in [-0.25, -0.2) is 18.2 Å². The van der Waals surface area contributed by atoms with Gasteiger partial charge in [0, 0.05) is 25.4 Å². The van der Waals surface area contributed by atoms with Crippen LogP contribution in [0.5, 0.6) is 11.5 Å². The third-order valence-electron chi connectivity index (χ3n) is 4.32. The lowest BCUT2D eigenvalue weighted by molar-refractivity contribution is 0.0594. The Balaban J connectivity index is 1.62. The molecule has 2 aliphatic rings. The Bertz CT molecular complexity index is 989. The van der Waals surface area contributed by atoms with Crippen LogP contribution < -0.4 is 9.47 Å². The fourth-order valence-corrected chi connectivity index (χ4v) is 4.38. The van der Waals surface area contributed by atoms with Crippen LogP contribution in [-0.4, -0.2) is 44.0 Å². The van der Waals surface area contributed by atoms with Gasteiger partial charge in [-0.15, -0.1) is 0 Å². The van der Waals surface area contributed by atoms with E-state index < -0.39 is 16.0 Å². The van der Waals surface area contributed by atoms with Gasteiger partial charge in [-0.3, -0.25) is 0 Å². The zero-order valence-electron chi connectivity index (χ0n) is 14.0. The maximum Gasteiger partial charge on any atom is 0.356 e. The van der Waals surface area contributed by atoms with Crippen LogP contribution in [0.3, 0.4) is 0 Å². The van der Waals surface area contributed by atoms with E-state index in [-0.39, 0.29) is 23.7 Å². The van der Waals surface area contributed by atoms with Gasteiger partial charge in [0.2, 0.25) is 10.0 Å². The van der Waals surface area contributed by atoms with Crippen LogP contribution in [0, 0.1) is 0 Å². The smallest absolute Gasteiger partial charge is 0.356 e. The highest BCUT2D eigenvalue weighted by atomic mass is 32.2. The van der Waals surface area contributed by atoms with Gasteiger partial charge in [0.05, 0.1) is 12.0 Å². The number of hydrogen-bond acceptors (Lipinski definition) is 7. The fourth-order valence-electron chi connectivity index (χ4n) is 2.97. The molecule has 8 nitrogen and oxygen atoms in total. The molecule has 0 atom stereocenters. The first-order valence-electron chi connectivity index (χ1n) is 7.95. The SMILES string of the molecule is COC(=O)c1cc2c(cn1)CN(S(=O)(=O)c1ccc3c(c1)OCCO3)C2. The highest BCUT2D eigenvalue weighted by Crippen LogP contribution is 2.35. The van der Waals surface area contributed by atoms with Crippen LogP contribution >= 0.6 is 0 Å². The average Bonchev–Trinajstić information content (AvgIpc) is 3.11. The maximum atomic E-state index is 13.0. The molecule has 1 aromatic heterocycles. The second kappa shape index (κ2) is 6.26. The van der Waals surface area contributed by atoms with Crippen LogP contribution in [0.15, 0.2) is 35.4 Å². The van der Waals surface area contributed by atoms with Crippen LogP contribution in [0.1, 0.15) is 21.6 Å². The van der Waals surface area contributed by atoms with E-state index in [1.54, 1.807) is 12.1 Å². The summed E-state index contributed by atoms with van der Waals surface area (Å²) < 4.78 is 42.9. The summed E-state index contributed by atoms with van der Waals surface area (Å²) in [4.78, 5) is 15.8. The van der Waals surface area contributed by atoms with E-state index in [4.69, 9.17) is 9.47 Å². The van der Waals surface area contributed by atoms with Crippen molar-refractivity contribution in [3.63, 3.8) is 0 Å². The Morgan fingerprint density at radius 1 is 1.12 bits per heavy atom. The van der Waals surface area contributed by atoms with E-state index in [1.165, 1.54) is 29.7 Å². The first-order valence-corrected chi connectivity index (χ1v) is 9.39. The van der Waals surface area contributed by atoms with Crippen molar-refractivity contribution in [1.29, 1.82) is 0 Å². The largest absolute Gasteiger partial charge is 0.486 e.